The van der Waals surface area contributed by atoms with Crippen molar-refractivity contribution in [2.45, 2.75) is 89.9 Å². The van der Waals surface area contributed by atoms with Gasteiger partial charge in [-0.3, -0.25) is 4.79 Å². The highest BCUT2D eigenvalue weighted by Crippen LogP contribution is 2.43. The molecule has 5 unspecified atom stereocenters. The van der Waals surface area contributed by atoms with Crippen molar-refractivity contribution in [3.8, 4) is 0 Å². The maximum atomic E-state index is 12.7. The Morgan fingerprint density at radius 3 is 2.38 bits per heavy atom. The molecule has 1 N–H and O–H groups in total. The zero-order chi connectivity index (χ0) is 23.6. The molecule has 3 rings (SSSR count). The number of hydrogen-bond acceptors (Lipinski definition) is 5. The molecule has 0 aromatic rings. The number of hydrogen-bond donors (Lipinski definition) is 1. The van der Waals surface area contributed by atoms with Crippen LogP contribution in [0.4, 0.5) is 4.79 Å². The van der Waals surface area contributed by atoms with E-state index in [9.17, 15) is 18.0 Å². The van der Waals surface area contributed by atoms with E-state index in [2.05, 4.69) is 4.72 Å². The monoisotopic (exact) mass is 472 g/mol. The molecule has 0 aromatic heterocycles. The molecule has 1 heterocycles. The van der Waals surface area contributed by atoms with Gasteiger partial charge in [0, 0.05) is 39.6 Å². The minimum atomic E-state index is -3.45. The van der Waals surface area contributed by atoms with Crippen LogP contribution in [-0.2, 0) is 19.7 Å². The van der Waals surface area contributed by atoms with Gasteiger partial charge in [-0.15, -0.1) is 0 Å². The lowest BCUT2D eigenvalue weighted by Gasteiger charge is -2.54. The van der Waals surface area contributed by atoms with Crippen molar-refractivity contribution in [1.82, 2.24) is 18.8 Å². The highest BCUT2D eigenvalue weighted by Gasteiger charge is 2.48. The van der Waals surface area contributed by atoms with Crippen molar-refractivity contribution in [3.05, 3.63) is 0 Å². The van der Waals surface area contributed by atoms with Crippen LogP contribution < -0.4 is 4.72 Å². The molecule has 1 aliphatic heterocycles. The Balaban J connectivity index is 1.74. The van der Waals surface area contributed by atoms with E-state index in [1.165, 1.54) is 4.31 Å². The predicted molar refractivity (Wildman–Crippen MR) is 122 cm³/mol. The lowest BCUT2D eigenvalue weighted by molar-refractivity contribution is -0.142. The van der Waals surface area contributed by atoms with Crippen molar-refractivity contribution in [2.24, 2.45) is 11.8 Å². The quantitative estimate of drug-likeness (QED) is 0.661. The molecule has 3 aliphatic rings. The van der Waals surface area contributed by atoms with Gasteiger partial charge in [-0.25, -0.2) is 4.79 Å². The summed E-state index contributed by atoms with van der Waals surface area (Å²) in [6, 6.07) is -0.121. The molecule has 184 valence electrons. The molecule has 6 atom stereocenters. The fourth-order valence-corrected chi connectivity index (χ4v) is 6.97. The molecular formula is C22H40N4O5S. The first-order valence-corrected chi connectivity index (χ1v) is 13.4. The van der Waals surface area contributed by atoms with E-state index in [1.807, 2.05) is 23.6 Å². The Bertz CT molecular complexity index is 789. The van der Waals surface area contributed by atoms with E-state index in [1.54, 1.807) is 21.0 Å². The number of nitrogens with zero attached hydrogens (tertiary/aromatic N) is 3. The van der Waals surface area contributed by atoms with Crippen LogP contribution in [0, 0.1) is 11.8 Å². The minimum Gasteiger partial charge on any atom is -0.450 e. The van der Waals surface area contributed by atoms with Crippen LogP contribution in [0.25, 0.3) is 0 Å². The number of rotatable bonds is 5. The van der Waals surface area contributed by atoms with Gasteiger partial charge in [0.1, 0.15) is 0 Å². The summed E-state index contributed by atoms with van der Waals surface area (Å²) in [7, 11) is -0.370. The third-order valence-corrected chi connectivity index (χ3v) is 9.15. The molecule has 9 nitrogen and oxygen atoms in total. The number of piperazine rings is 1. The third-order valence-electron chi connectivity index (χ3n) is 7.56. The van der Waals surface area contributed by atoms with Crippen LogP contribution >= 0.6 is 0 Å². The topological polar surface area (TPSA) is 99.3 Å². The number of ether oxygens (including phenoxy) is 1. The Hall–Kier alpha value is -1.39. The zero-order valence-corrected chi connectivity index (χ0v) is 20.9. The fraction of sp³-hybridized carbons (Fsp3) is 0.909. The average Bonchev–Trinajstić information content (AvgIpc) is 2.72. The molecule has 2 aliphatic carbocycles. The molecule has 1 saturated heterocycles. The smallest absolute Gasteiger partial charge is 0.410 e. The highest BCUT2D eigenvalue weighted by atomic mass is 32.2. The summed E-state index contributed by atoms with van der Waals surface area (Å²) in [5.74, 6) is 0.876. The molecule has 2 amide bonds. The van der Waals surface area contributed by atoms with Crippen LogP contribution in [0.1, 0.15) is 65.7 Å². The van der Waals surface area contributed by atoms with Gasteiger partial charge in [0.25, 0.3) is 10.2 Å². The lowest BCUT2D eigenvalue weighted by Crippen LogP contribution is -2.67. The summed E-state index contributed by atoms with van der Waals surface area (Å²) < 4.78 is 34.0. The summed E-state index contributed by atoms with van der Waals surface area (Å²) in [6.07, 6.45) is 6.14. The summed E-state index contributed by atoms with van der Waals surface area (Å²) in [5.41, 5.74) is 0. The molecule has 0 aromatic carbocycles. The van der Waals surface area contributed by atoms with Crippen LogP contribution in [0.5, 0.6) is 0 Å². The second kappa shape index (κ2) is 10.3. The SMILES string of the molecule is CCOC(=O)N1C[C@H](C)N(C(C)=O)C2CCC(C3CCCC(NS(=O)(=O)N(C)C)C3)CC21. The second-order valence-electron chi connectivity index (χ2n) is 9.86. The fourth-order valence-electron chi connectivity index (χ4n) is 6.12. The lowest BCUT2D eigenvalue weighted by atomic mass is 9.69. The van der Waals surface area contributed by atoms with E-state index < -0.39 is 10.2 Å². The Morgan fingerprint density at radius 1 is 1.06 bits per heavy atom. The van der Waals surface area contributed by atoms with E-state index in [0.717, 1.165) is 44.9 Å². The number of fused-ring (bicyclic) bond motifs is 1. The standard InChI is InChI=1S/C22H40N4O5S/c1-6-31-22(28)25-14-15(2)26(16(3)27)20-11-10-18(13-21(20)25)17-8-7-9-19(12-17)23-32(29,30)24(4)5/h15,17-21,23H,6-14H2,1-5H3/t15-,17?,18?,19?,20?,21?/m0/s1. The molecule has 10 heteroatoms. The second-order valence-corrected chi connectivity index (χ2v) is 11.8. The molecule has 0 bridgehead atoms. The van der Waals surface area contributed by atoms with Crippen molar-refractivity contribution in [1.29, 1.82) is 0 Å². The first-order valence-electron chi connectivity index (χ1n) is 12.0. The molecule has 32 heavy (non-hydrogen) atoms. The minimum absolute atomic E-state index is 0.0172. The van der Waals surface area contributed by atoms with Crippen molar-refractivity contribution in [3.63, 3.8) is 0 Å². The van der Waals surface area contributed by atoms with E-state index in [0.29, 0.717) is 25.0 Å². The largest absolute Gasteiger partial charge is 0.450 e. The van der Waals surface area contributed by atoms with Crippen LogP contribution in [0.15, 0.2) is 0 Å². The Labute approximate surface area is 193 Å². The maximum absolute atomic E-state index is 12.7. The van der Waals surface area contributed by atoms with Crippen molar-refractivity contribution >= 4 is 22.2 Å². The van der Waals surface area contributed by atoms with E-state index in [4.69, 9.17) is 4.74 Å². The number of amides is 2. The van der Waals surface area contributed by atoms with Gasteiger partial charge < -0.3 is 14.5 Å². The molecule has 0 radical (unpaired) electrons. The van der Waals surface area contributed by atoms with E-state index in [-0.39, 0.29) is 36.2 Å². The van der Waals surface area contributed by atoms with Gasteiger partial charge in [-0.1, -0.05) is 12.8 Å². The highest BCUT2D eigenvalue weighted by molar-refractivity contribution is 7.87. The summed E-state index contributed by atoms with van der Waals surface area (Å²) in [4.78, 5) is 29.0. The van der Waals surface area contributed by atoms with Gasteiger partial charge in [0.15, 0.2) is 0 Å². The average molecular weight is 473 g/mol. The van der Waals surface area contributed by atoms with Gasteiger partial charge in [-0.05, 0) is 57.8 Å². The normalized spacial score (nSPS) is 33.7. The van der Waals surface area contributed by atoms with Crippen LogP contribution in [0.3, 0.4) is 0 Å². The first-order chi connectivity index (χ1) is 15.0. The number of nitrogens with one attached hydrogen (secondary N) is 1. The maximum Gasteiger partial charge on any atom is 0.410 e. The summed E-state index contributed by atoms with van der Waals surface area (Å²) in [6.45, 7) is 6.24. The van der Waals surface area contributed by atoms with Crippen LogP contribution in [-0.4, -0.2) is 85.9 Å². The number of carbonyl (C=O) groups is 2. The van der Waals surface area contributed by atoms with Crippen LogP contribution in [0.2, 0.25) is 0 Å². The molecular weight excluding hydrogens is 432 g/mol. The predicted octanol–water partition coefficient (Wildman–Crippen LogP) is 2.19. The van der Waals surface area contributed by atoms with Gasteiger partial charge in [0.2, 0.25) is 5.91 Å². The molecule has 3 fully saturated rings. The molecule has 0 spiro atoms. The van der Waals surface area contributed by atoms with Crippen molar-refractivity contribution < 1.29 is 22.7 Å². The summed E-state index contributed by atoms with van der Waals surface area (Å²) >= 11 is 0. The number of carbonyl (C=O) groups excluding carboxylic acids is 2. The Kier molecular flexibility index (Phi) is 8.09. The first kappa shape index (κ1) is 25.2. The zero-order valence-electron chi connectivity index (χ0n) is 20.1. The summed E-state index contributed by atoms with van der Waals surface area (Å²) in [5, 5.41) is 0. The van der Waals surface area contributed by atoms with E-state index >= 15 is 0 Å². The van der Waals surface area contributed by atoms with Gasteiger partial charge >= 0.3 is 6.09 Å². The van der Waals surface area contributed by atoms with Crippen molar-refractivity contribution in [2.75, 3.05) is 27.2 Å². The van der Waals surface area contributed by atoms with Gasteiger partial charge in [0.05, 0.1) is 18.7 Å². The third kappa shape index (κ3) is 5.39. The molecule has 2 saturated carbocycles. The van der Waals surface area contributed by atoms with Gasteiger partial charge in [-0.2, -0.15) is 17.4 Å². The Morgan fingerprint density at radius 2 is 1.75 bits per heavy atom.